The van der Waals surface area contributed by atoms with E-state index in [9.17, 15) is 9.90 Å². The molecule has 1 heterocycles. The molecule has 1 saturated heterocycles. The molecule has 178 valence electrons. The maximum Gasteiger partial charge on any atom is 0.251 e. The first-order chi connectivity index (χ1) is 16.1. The number of carbonyl (C=O) groups excluding carboxylic acids is 1. The van der Waals surface area contributed by atoms with Gasteiger partial charge in [-0.2, -0.15) is 0 Å². The molecule has 1 fully saturated rings. The smallest absolute Gasteiger partial charge is 0.251 e. The second-order valence-corrected chi connectivity index (χ2v) is 9.30. The molecule has 4 rings (SSSR count). The van der Waals surface area contributed by atoms with E-state index in [1.165, 1.54) is 16.7 Å². The molecule has 33 heavy (non-hydrogen) atoms. The minimum absolute atomic E-state index is 0.0342. The van der Waals surface area contributed by atoms with E-state index in [1.807, 2.05) is 31.2 Å². The van der Waals surface area contributed by atoms with Crippen LogP contribution in [0, 0.1) is 0 Å². The zero-order valence-corrected chi connectivity index (χ0v) is 19.5. The summed E-state index contributed by atoms with van der Waals surface area (Å²) < 4.78 is 11.4. The number of aliphatic hydroxyl groups excluding tert-OH is 1. The van der Waals surface area contributed by atoms with Gasteiger partial charge in [-0.15, -0.1) is 0 Å². The summed E-state index contributed by atoms with van der Waals surface area (Å²) in [6, 6.07) is 14.1. The predicted molar refractivity (Wildman–Crippen MR) is 129 cm³/mol. The number of hydrogen-bond acceptors (Lipinski definition) is 5. The molecule has 1 amide bonds. The van der Waals surface area contributed by atoms with Crippen LogP contribution in [-0.4, -0.2) is 49.0 Å². The highest BCUT2D eigenvalue weighted by Gasteiger charge is 2.21. The number of fused-ring (bicyclic) bond motifs is 1. The van der Waals surface area contributed by atoms with E-state index in [0.717, 1.165) is 64.0 Å². The summed E-state index contributed by atoms with van der Waals surface area (Å²) >= 11 is 0. The molecule has 2 aliphatic rings. The van der Waals surface area contributed by atoms with Crippen molar-refractivity contribution in [3.63, 3.8) is 0 Å². The van der Waals surface area contributed by atoms with Crippen molar-refractivity contribution in [1.29, 1.82) is 0 Å². The molecule has 2 aromatic carbocycles. The van der Waals surface area contributed by atoms with Crippen LogP contribution in [0.25, 0.3) is 0 Å². The zero-order chi connectivity index (χ0) is 23.0. The number of hydrogen-bond donors (Lipinski definition) is 3. The summed E-state index contributed by atoms with van der Waals surface area (Å²) in [5, 5.41) is 15.9. The SMILES string of the molecule is CC(O)CCNCc1ccc2c(c1)CC[C@H](NC(=O)c1ccc(OC[C@@H]3CCCO3)cc1)C2. The van der Waals surface area contributed by atoms with E-state index < -0.39 is 0 Å². The molecule has 3 atom stereocenters. The Kier molecular flexibility index (Phi) is 8.37. The Morgan fingerprint density at radius 1 is 1.18 bits per heavy atom. The third-order valence-corrected chi connectivity index (χ3v) is 6.48. The monoisotopic (exact) mass is 452 g/mol. The fraction of sp³-hybridized carbons (Fsp3) is 0.519. The van der Waals surface area contributed by atoms with Gasteiger partial charge < -0.3 is 25.2 Å². The number of amides is 1. The Bertz CT molecular complexity index is 907. The third kappa shape index (κ3) is 7.03. The Labute approximate surface area is 196 Å². The molecule has 0 saturated carbocycles. The number of nitrogens with one attached hydrogen (secondary N) is 2. The number of ether oxygens (including phenoxy) is 2. The second kappa shape index (κ2) is 11.6. The van der Waals surface area contributed by atoms with Gasteiger partial charge in [0.1, 0.15) is 12.4 Å². The predicted octanol–water partition coefficient (Wildman–Crippen LogP) is 3.39. The lowest BCUT2D eigenvalue weighted by molar-refractivity contribution is 0.0679. The highest BCUT2D eigenvalue weighted by Crippen LogP contribution is 2.23. The summed E-state index contributed by atoms with van der Waals surface area (Å²) in [5.41, 5.74) is 4.62. The zero-order valence-electron chi connectivity index (χ0n) is 19.5. The Morgan fingerprint density at radius 2 is 2.03 bits per heavy atom. The maximum atomic E-state index is 12.8. The summed E-state index contributed by atoms with van der Waals surface area (Å²) in [7, 11) is 0. The average molecular weight is 453 g/mol. The van der Waals surface area contributed by atoms with Gasteiger partial charge in [0.25, 0.3) is 5.91 Å². The van der Waals surface area contributed by atoms with Crippen molar-refractivity contribution in [3.05, 3.63) is 64.7 Å². The number of carbonyl (C=O) groups is 1. The van der Waals surface area contributed by atoms with E-state index >= 15 is 0 Å². The van der Waals surface area contributed by atoms with Crippen molar-refractivity contribution < 1.29 is 19.4 Å². The molecular weight excluding hydrogens is 416 g/mol. The minimum Gasteiger partial charge on any atom is -0.491 e. The molecule has 6 heteroatoms. The Hall–Kier alpha value is -2.41. The number of aliphatic hydroxyl groups is 1. The molecule has 2 aromatic rings. The van der Waals surface area contributed by atoms with Crippen LogP contribution in [0.3, 0.4) is 0 Å². The highest BCUT2D eigenvalue weighted by molar-refractivity contribution is 5.94. The van der Waals surface area contributed by atoms with E-state index in [1.54, 1.807) is 0 Å². The van der Waals surface area contributed by atoms with Crippen molar-refractivity contribution >= 4 is 5.91 Å². The average Bonchev–Trinajstić information content (AvgIpc) is 3.34. The normalized spacial score (nSPS) is 20.8. The van der Waals surface area contributed by atoms with Gasteiger partial charge in [0.15, 0.2) is 0 Å². The molecular formula is C27H36N2O4. The highest BCUT2D eigenvalue weighted by atomic mass is 16.5. The molecule has 0 spiro atoms. The van der Waals surface area contributed by atoms with Gasteiger partial charge in [0.2, 0.25) is 0 Å². The molecule has 1 unspecified atom stereocenters. The molecule has 3 N–H and O–H groups in total. The van der Waals surface area contributed by atoms with Crippen molar-refractivity contribution in [2.24, 2.45) is 0 Å². The van der Waals surface area contributed by atoms with Crippen LogP contribution in [0.4, 0.5) is 0 Å². The molecule has 0 radical (unpaired) electrons. The summed E-state index contributed by atoms with van der Waals surface area (Å²) in [4.78, 5) is 12.8. The van der Waals surface area contributed by atoms with Gasteiger partial charge in [-0.05, 0) is 92.9 Å². The van der Waals surface area contributed by atoms with E-state index in [-0.39, 0.29) is 24.2 Å². The van der Waals surface area contributed by atoms with Crippen molar-refractivity contribution in [2.45, 2.75) is 70.2 Å². The molecule has 1 aliphatic heterocycles. The topological polar surface area (TPSA) is 79.8 Å². The van der Waals surface area contributed by atoms with Crippen LogP contribution in [0.1, 0.15) is 59.7 Å². The molecule has 0 bridgehead atoms. The van der Waals surface area contributed by atoms with Gasteiger partial charge in [0, 0.05) is 24.8 Å². The first-order valence-electron chi connectivity index (χ1n) is 12.2. The van der Waals surface area contributed by atoms with Gasteiger partial charge >= 0.3 is 0 Å². The third-order valence-electron chi connectivity index (χ3n) is 6.48. The maximum absolute atomic E-state index is 12.8. The lowest BCUT2D eigenvalue weighted by Gasteiger charge is -2.26. The second-order valence-electron chi connectivity index (χ2n) is 9.30. The first kappa shape index (κ1) is 23.7. The fourth-order valence-corrected chi connectivity index (χ4v) is 4.52. The molecule has 0 aromatic heterocycles. The first-order valence-corrected chi connectivity index (χ1v) is 12.2. The van der Waals surface area contributed by atoms with E-state index in [4.69, 9.17) is 9.47 Å². The Balaban J connectivity index is 1.24. The largest absolute Gasteiger partial charge is 0.491 e. The molecule has 1 aliphatic carbocycles. The van der Waals surface area contributed by atoms with Gasteiger partial charge in [-0.3, -0.25) is 4.79 Å². The van der Waals surface area contributed by atoms with Crippen molar-refractivity contribution in [3.8, 4) is 5.75 Å². The van der Waals surface area contributed by atoms with Crippen LogP contribution in [-0.2, 0) is 24.1 Å². The quantitative estimate of drug-likeness (QED) is 0.482. The number of benzene rings is 2. The number of rotatable bonds is 10. The van der Waals surface area contributed by atoms with Crippen molar-refractivity contribution in [2.75, 3.05) is 19.8 Å². The van der Waals surface area contributed by atoms with Gasteiger partial charge in [-0.1, -0.05) is 18.2 Å². The van der Waals surface area contributed by atoms with Gasteiger partial charge in [-0.25, -0.2) is 0 Å². The van der Waals surface area contributed by atoms with Crippen LogP contribution in [0.2, 0.25) is 0 Å². The van der Waals surface area contributed by atoms with Crippen LogP contribution in [0.5, 0.6) is 5.75 Å². The fourth-order valence-electron chi connectivity index (χ4n) is 4.52. The van der Waals surface area contributed by atoms with Gasteiger partial charge in [0.05, 0.1) is 12.2 Å². The Morgan fingerprint density at radius 3 is 2.79 bits per heavy atom. The van der Waals surface area contributed by atoms with Crippen LogP contribution >= 0.6 is 0 Å². The lowest BCUT2D eigenvalue weighted by atomic mass is 9.87. The minimum atomic E-state index is -0.267. The summed E-state index contributed by atoms with van der Waals surface area (Å²) in [5.74, 6) is 0.734. The van der Waals surface area contributed by atoms with Crippen LogP contribution in [0.15, 0.2) is 42.5 Å². The van der Waals surface area contributed by atoms with E-state index in [2.05, 4.69) is 28.8 Å². The number of aryl methyl sites for hydroxylation is 1. The lowest BCUT2D eigenvalue weighted by Crippen LogP contribution is -2.38. The standard InChI is InChI=1S/C27H36N2O4/c1-19(30)12-13-28-17-20-4-5-23-16-24(9-6-22(23)15-20)29-27(31)21-7-10-25(11-8-21)33-18-26-3-2-14-32-26/h4-5,7-8,10-11,15,19,24,26,28,30H,2-3,6,9,12-14,16-18H2,1H3,(H,29,31)/t19?,24-,26-/m0/s1. The summed E-state index contributed by atoms with van der Waals surface area (Å²) in [6.07, 6.45) is 5.60. The molecule has 6 nitrogen and oxygen atoms in total. The van der Waals surface area contributed by atoms with Crippen molar-refractivity contribution in [1.82, 2.24) is 10.6 Å². The van der Waals surface area contributed by atoms with Crippen LogP contribution < -0.4 is 15.4 Å². The van der Waals surface area contributed by atoms with E-state index in [0.29, 0.717) is 12.2 Å². The summed E-state index contributed by atoms with van der Waals surface area (Å²) in [6.45, 7) is 4.82.